The lowest BCUT2D eigenvalue weighted by atomic mass is 10.0. The Labute approximate surface area is 78.8 Å². The number of hydrogen-bond donors (Lipinski definition) is 1. The van der Waals surface area contributed by atoms with E-state index in [0.717, 1.165) is 6.42 Å². The minimum Gasteiger partial charge on any atom is -0.390 e. The first-order valence-electron chi connectivity index (χ1n) is 4.62. The van der Waals surface area contributed by atoms with Crippen molar-refractivity contribution in [1.29, 1.82) is 0 Å². The molecule has 1 aliphatic heterocycles. The molecule has 1 saturated heterocycles. The molecule has 0 aliphatic carbocycles. The highest BCUT2D eigenvalue weighted by Crippen LogP contribution is 2.21. The van der Waals surface area contributed by atoms with Crippen LogP contribution in [0, 0.1) is 5.92 Å². The van der Waals surface area contributed by atoms with E-state index in [1.807, 2.05) is 6.92 Å². The van der Waals surface area contributed by atoms with Gasteiger partial charge in [0, 0.05) is 13.0 Å². The summed E-state index contributed by atoms with van der Waals surface area (Å²) in [5, 5.41) is 9.60. The number of methoxy groups -OCH3 is 1. The fourth-order valence-corrected chi connectivity index (χ4v) is 1.43. The Morgan fingerprint density at radius 1 is 1.54 bits per heavy atom. The van der Waals surface area contributed by atoms with Crippen LogP contribution in [0.15, 0.2) is 0 Å². The molecule has 0 bridgehead atoms. The first kappa shape index (κ1) is 10.9. The second-order valence-electron chi connectivity index (χ2n) is 3.44. The maximum atomic E-state index is 9.60. The minimum absolute atomic E-state index is 0.0631. The molecule has 0 radical (unpaired) electrons. The third-order valence-electron chi connectivity index (χ3n) is 2.29. The topological polar surface area (TPSA) is 47.9 Å². The molecule has 4 nitrogen and oxygen atoms in total. The Balaban J connectivity index is 2.08. The number of rotatable bonds is 5. The van der Waals surface area contributed by atoms with Crippen LogP contribution < -0.4 is 0 Å². The molecule has 1 fully saturated rings. The fraction of sp³-hybridized carbons (Fsp3) is 1.00. The van der Waals surface area contributed by atoms with Crippen molar-refractivity contribution in [2.24, 2.45) is 5.92 Å². The van der Waals surface area contributed by atoms with E-state index in [-0.39, 0.29) is 18.1 Å². The van der Waals surface area contributed by atoms with Gasteiger partial charge >= 0.3 is 0 Å². The van der Waals surface area contributed by atoms with Crippen LogP contribution in [-0.2, 0) is 14.2 Å². The van der Waals surface area contributed by atoms with Gasteiger partial charge in [-0.05, 0) is 6.42 Å². The normalized spacial score (nSPS) is 33.9. The fourth-order valence-electron chi connectivity index (χ4n) is 1.43. The summed E-state index contributed by atoms with van der Waals surface area (Å²) in [7, 11) is 1.59. The molecule has 0 aromatic heterocycles. The standard InChI is InChI=1S/C9H18O4/c1-7-5-13-8(9(7)10)3-4-12-6-11-2/h7-10H,3-6H2,1-2H3. The molecule has 1 heterocycles. The molecule has 1 N–H and O–H groups in total. The van der Waals surface area contributed by atoms with E-state index in [1.165, 1.54) is 0 Å². The Hall–Kier alpha value is -0.160. The molecule has 0 saturated carbocycles. The van der Waals surface area contributed by atoms with Crippen molar-refractivity contribution in [3.05, 3.63) is 0 Å². The Kier molecular flexibility index (Phi) is 4.66. The third-order valence-corrected chi connectivity index (χ3v) is 2.29. The van der Waals surface area contributed by atoms with Crippen LogP contribution in [-0.4, -0.2) is 44.4 Å². The van der Waals surface area contributed by atoms with Gasteiger partial charge in [0.05, 0.1) is 25.4 Å². The minimum atomic E-state index is -0.342. The molecular formula is C9H18O4. The molecule has 0 spiro atoms. The zero-order valence-electron chi connectivity index (χ0n) is 8.23. The predicted molar refractivity (Wildman–Crippen MR) is 47.4 cm³/mol. The van der Waals surface area contributed by atoms with Gasteiger partial charge in [-0.3, -0.25) is 0 Å². The summed E-state index contributed by atoms with van der Waals surface area (Å²) in [5.74, 6) is 0.243. The third kappa shape index (κ3) is 3.23. The van der Waals surface area contributed by atoms with Crippen LogP contribution in [0.25, 0.3) is 0 Å². The smallest absolute Gasteiger partial charge is 0.146 e. The number of hydrogen-bond acceptors (Lipinski definition) is 4. The van der Waals surface area contributed by atoms with Gasteiger partial charge in [0.25, 0.3) is 0 Å². The first-order chi connectivity index (χ1) is 6.25. The summed E-state index contributed by atoms with van der Waals surface area (Å²) in [4.78, 5) is 0. The molecule has 3 unspecified atom stereocenters. The summed E-state index contributed by atoms with van der Waals surface area (Å²) in [6, 6.07) is 0. The molecule has 78 valence electrons. The van der Waals surface area contributed by atoms with Gasteiger partial charge in [-0.1, -0.05) is 6.92 Å². The lowest BCUT2D eigenvalue weighted by molar-refractivity contribution is -0.0503. The highest BCUT2D eigenvalue weighted by molar-refractivity contribution is 4.80. The quantitative estimate of drug-likeness (QED) is 0.503. The van der Waals surface area contributed by atoms with Crippen molar-refractivity contribution in [2.75, 3.05) is 27.1 Å². The Bertz CT molecular complexity index is 140. The van der Waals surface area contributed by atoms with Crippen molar-refractivity contribution in [1.82, 2.24) is 0 Å². The average Bonchev–Trinajstić information content (AvgIpc) is 2.43. The van der Waals surface area contributed by atoms with Gasteiger partial charge < -0.3 is 19.3 Å². The summed E-state index contributed by atoms with van der Waals surface area (Å²) < 4.78 is 15.2. The summed E-state index contributed by atoms with van der Waals surface area (Å²) in [6.07, 6.45) is 0.326. The van der Waals surface area contributed by atoms with E-state index in [9.17, 15) is 5.11 Å². The molecule has 13 heavy (non-hydrogen) atoms. The van der Waals surface area contributed by atoms with Gasteiger partial charge in [0.1, 0.15) is 6.79 Å². The SMILES string of the molecule is COCOCCC1OCC(C)C1O. The van der Waals surface area contributed by atoms with Gasteiger partial charge in [-0.15, -0.1) is 0 Å². The second kappa shape index (κ2) is 5.54. The van der Waals surface area contributed by atoms with Crippen LogP contribution in [0.5, 0.6) is 0 Å². The van der Waals surface area contributed by atoms with Crippen molar-refractivity contribution in [2.45, 2.75) is 25.6 Å². The molecular weight excluding hydrogens is 172 g/mol. The highest BCUT2D eigenvalue weighted by atomic mass is 16.7. The van der Waals surface area contributed by atoms with Crippen molar-refractivity contribution in [3.8, 4) is 0 Å². The average molecular weight is 190 g/mol. The van der Waals surface area contributed by atoms with E-state index >= 15 is 0 Å². The van der Waals surface area contributed by atoms with Crippen molar-refractivity contribution < 1.29 is 19.3 Å². The Morgan fingerprint density at radius 2 is 2.31 bits per heavy atom. The van der Waals surface area contributed by atoms with Crippen LogP contribution >= 0.6 is 0 Å². The van der Waals surface area contributed by atoms with Crippen LogP contribution in [0.4, 0.5) is 0 Å². The lowest BCUT2D eigenvalue weighted by Gasteiger charge is -2.14. The second-order valence-corrected chi connectivity index (χ2v) is 3.44. The highest BCUT2D eigenvalue weighted by Gasteiger charge is 2.32. The van der Waals surface area contributed by atoms with Crippen molar-refractivity contribution in [3.63, 3.8) is 0 Å². The molecule has 1 rings (SSSR count). The van der Waals surface area contributed by atoms with Gasteiger partial charge in [-0.25, -0.2) is 0 Å². The lowest BCUT2D eigenvalue weighted by Crippen LogP contribution is -2.26. The number of aliphatic hydroxyl groups is 1. The monoisotopic (exact) mass is 190 g/mol. The van der Waals surface area contributed by atoms with E-state index in [4.69, 9.17) is 14.2 Å². The summed E-state index contributed by atoms with van der Waals surface area (Å²) >= 11 is 0. The van der Waals surface area contributed by atoms with Crippen LogP contribution in [0.1, 0.15) is 13.3 Å². The van der Waals surface area contributed by atoms with E-state index < -0.39 is 0 Å². The zero-order chi connectivity index (χ0) is 9.68. The Morgan fingerprint density at radius 3 is 2.85 bits per heavy atom. The van der Waals surface area contributed by atoms with E-state index in [0.29, 0.717) is 20.0 Å². The van der Waals surface area contributed by atoms with Gasteiger partial charge in [-0.2, -0.15) is 0 Å². The van der Waals surface area contributed by atoms with Crippen LogP contribution in [0.2, 0.25) is 0 Å². The molecule has 3 atom stereocenters. The van der Waals surface area contributed by atoms with Crippen LogP contribution in [0.3, 0.4) is 0 Å². The maximum absolute atomic E-state index is 9.60. The largest absolute Gasteiger partial charge is 0.390 e. The molecule has 1 aliphatic rings. The number of aliphatic hydroxyl groups excluding tert-OH is 1. The van der Waals surface area contributed by atoms with E-state index in [2.05, 4.69) is 0 Å². The predicted octanol–water partition coefficient (Wildman–Crippen LogP) is 0.393. The number of ether oxygens (including phenoxy) is 3. The molecule has 0 aromatic rings. The van der Waals surface area contributed by atoms with Gasteiger partial charge in [0.15, 0.2) is 0 Å². The first-order valence-corrected chi connectivity index (χ1v) is 4.62. The molecule has 0 amide bonds. The summed E-state index contributed by atoms with van der Waals surface area (Å²) in [5.41, 5.74) is 0. The van der Waals surface area contributed by atoms with Gasteiger partial charge in [0.2, 0.25) is 0 Å². The summed E-state index contributed by atoms with van der Waals surface area (Å²) in [6.45, 7) is 3.51. The van der Waals surface area contributed by atoms with E-state index in [1.54, 1.807) is 7.11 Å². The maximum Gasteiger partial charge on any atom is 0.146 e. The molecule has 0 aromatic carbocycles. The molecule has 4 heteroatoms. The van der Waals surface area contributed by atoms with Crippen molar-refractivity contribution >= 4 is 0 Å². The zero-order valence-corrected chi connectivity index (χ0v) is 8.23.